The first-order chi connectivity index (χ1) is 11.4. The zero-order valence-corrected chi connectivity index (χ0v) is 15.6. The van der Waals surface area contributed by atoms with Gasteiger partial charge in [-0.2, -0.15) is 0 Å². The Kier molecular flexibility index (Phi) is 4.75. The van der Waals surface area contributed by atoms with E-state index in [1.807, 2.05) is 50.2 Å². The summed E-state index contributed by atoms with van der Waals surface area (Å²) in [6.45, 7) is 4.02. The molecule has 0 fully saturated rings. The molecule has 3 N–H and O–H groups in total. The minimum absolute atomic E-state index is 0.0736. The largest absolute Gasteiger partial charge is 0.372 e. The van der Waals surface area contributed by atoms with E-state index >= 15 is 0 Å². The molecular formula is C18H18IN3O2. The minimum atomic E-state index is -0.580. The molecule has 124 valence electrons. The first-order valence-corrected chi connectivity index (χ1v) is 8.74. The highest BCUT2D eigenvalue weighted by Gasteiger charge is 2.27. The molecule has 1 aliphatic heterocycles. The molecule has 0 saturated heterocycles. The fourth-order valence-corrected chi connectivity index (χ4v) is 2.95. The number of nitrogens with one attached hydrogen (secondary N) is 3. The van der Waals surface area contributed by atoms with Gasteiger partial charge in [-0.05, 0) is 84.0 Å². The molecule has 5 nitrogen and oxygen atoms in total. The van der Waals surface area contributed by atoms with Crippen LogP contribution in [-0.2, 0) is 9.59 Å². The summed E-state index contributed by atoms with van der Waals surface area (Å²) in [6.07, 6.45) is 0.0736. The van der Waals surface area contributed by atoms with E-state index in [0.717, 1.165) is 31.8 Å². The Hall–Kier alpha value is -2.09. The van der Waals surface area contributed by atoms with Crippen molar-refractivity contribution in [1.29, 1.82) is 0 Å². The molecule has 24 heavy (non-hydrogen) atoms. The molecule has 0 aromatic heterocycles. The van der Waals surface area contributed by atoms with Crippen LogP contribution in [0.2, 0.25) is 0 Å². The summed E-state index contributed by atoms with van der Waals surface area (Å²) in [6, 6.07) is 10.9. The highest BCUT2D eigenvalue weighted by atomic mass is 127. The molecule has 1 heterocycles. The van der Waals surface area contributed by atoms with E-state index in [-0.39, 0.29) is 18.2 Å². The van der Waals surface area contributed by atoms with Crippen molar-refractivity contribution in [2.75, 3.05) is 16.0 Å². The van der Waals surface area contributed by atoms with E-state index in [2.05, 4.69) is 38.5 Å². The predicted octanol–water partition coefficient (Wildman–Crippen LogP) is 3.67. The molecule has 1 aliphatic rings. The summed E-state index contributed by atoms with van der Waals surface area (Å²) < 4.78 is 1.10. The number of carbonyl (C=O) groups is 2. The van der Waals surface area contributed by atoms with E-state index in [4.69, 9.17) is 0 Å². The molecule has 0 spiro atoms. The highest BCUT2D eigenvalue weighted by Crippen LogP contribution is 2.30. The average molecular weight is 435 g/mol. The third-order valence-corrected chi connectivity index (χ3v) is 4.77. The normalized spacial score (nSPS) is 16.0. The third kappa shape index (κ3) is 3.69. The van der Waals surface area contributed by atoms with Crippen molar-refractivity contribution < 1.29 is 9.59 Å². The minimum Gasteiger partial charge on any atom is -0.372 e. The van der Waals surface area contributed by atoms with E-state index < -0.39 is 6.04 Å². The van der Waals surface area contributed by atoms with Crippen LogP contribution in [0.15, 0.2) is 36.4 Å². The maximum atomic E-state index is 12.2. The molecule has 1 unspecified atom stereocenters. The van der Waals surface area contributed by atoms with Crippen LogP contribution >= 0.6 is 22.6 Å². The van der Waals surface area contributed by atoms with Gasteiger partial charge in [0.2, 0.25) is 11.8 Å². The van der Waals surface area contributed by atoms with Gasteiger partial charge in [-0.1, -0.05) is 0 Å². The van der Waals surface area contributed by atoms with Crippen molar-refractivity contribution in [3.63, 3.8) is 0 Å². The van der Waals surface area contributed by atoms with Gasteiger partial charge in [0.15, 0.2) is 0 Å². The first-order valence-electron chi connectivity index (χ1n) is 7.66. The van der Waals surface area contributed by atoms with Crippen molar-refractivity contribution in [1.82, 2.24) is 0 Å². The van der Waals surface area contributed by atoms with Crippen LogP contribution in [0.3, 0.4) is 0 Å². The second kappa shape index (κ2) is 6.80. The van der Waals surface area contributed by atoms with Crippen LogP contribution in [0.25, 0.3) is 0 Å². The second-order valence-electron chi connectivity index (χ2n) is 5.93. The number of amides is 2. The lowest BCUT2D eigenvalue weighted by atomic mass is 10.0. The van der Waals surface area contributed by atoms with Gasteiger partial charge in [0.05, 0.1) is 17.8 Å². The fraction of sp³-hybridized carbons (Fsp3) is 0.222. The van der Waals surface area contributed by atoms with Crippen molar-refractivity contribution in [2.45, 2.75) is 26.3 Å². The fourth-order valence-electron chi connectivity index (χ4n) is 2.59. The van der Waals surface area contributed by atoms with Crippen molar-refractivity contribution >= 4 is 51.5 Å². The molecule has 0 bridgehead atoms. The standard InChI is InChI=1S/C18H18IN3O2/c1-10-7-14-15(8-11(10)2)22-18(24)16(21-14)9-17(23)20-13-5-3-12(19)4-6-13/h3-8,16,21H,9H2,1-2H3,(H,20,23)(H,22,24). The summed E-state index contributed by atoms with van der Waals surface area (Å²) in [5.74, 6) is -0.389. The molecule has 2 aromatic carbocycles. The molecule has 0 radical (unpaired) electrons. The van der Waals surface area contributed by atoms with Gasteiger partial charge in [-0.25, -0.2) is 0 Å². The van der Waals surface area contributed by atoms with Gasteiger partial charge in [0.25, 0.3) is 0 Å². The van der Waals surface area contributed by atoms with Crippen LogP contribution in [0, 0.1) is 17.4 Å². The van der Waals surface area contributed by atoms with Gasteiger partial charge in [-0.3, -0.25) is 9.59 Å². The van der Waals surface area contributed by atoms with Crippen molar-refractivity contribution in [3.05, 3.63) is 51.1 Å². The molecular weight excluding hydrogens is 417 g/mol. The average Bonchev–Trinajstić information content (AvgIpc) is 2.52. The van der Waals surface area contributed by atoms with Gasteiger partial charge in [0, 0.05) is 9.26 Å². The Morgan fingerprint density at radius 1 is 1.12 bits per heavy atom. The Balaban J connectivity index is 1.68. The van der Waals surface area contributed by atoms with Crippen molar-refractivity contribution in [3.8, 4) is 0 Å². The topological polar surface area (TPSA) is 70.2 Å². The van der Waals surface area contributed by atoms with Gasteiger partial charge in [0.1, 0.15) is 6.04 Å². The number of fused-ring (bicyclic) bond motifs is 1. The number of hydrogen-bond donors (Lipinski definition) is 3. The lowest BCUT2D eigenvalue weighted by Crippen LogP contribution is -2.41. The summed E-state index contributed by atoms with van der Waals surface area (Å²) in [7, 11) is 0. The van der Waals surface area contributed by atoms with E-state index in [9.17, 15) is 9.59 Å². The quantitative estimate of drug-likeness (QED) is 0.645. The number of rotatable bonds is 3. The number of carbonyl (C=O) groups excluding carboxylic acids is 2. The number of benzene rings is 2. The maximum absolute atomic E-state index is 12.2. The smallest absolute Gasteiger partial charge is 0.247 e. The summed E-state index contributed by atoms with van der Waals surface area (Å²) in [4.78, 5) is 24.4. The molecule has 0 aliphatic carbocycles. The van der Waals surface area contributed by atoms with Gasteiger partial charge < -0.3 is 16.0 Å². The SMILES string of the molecule is Cc1cc2c(cc1C)NC(CC(=O)Nc1ccc(I)cc1)C(=O)N2. The van der Waals surface area contributed by atoms with Crippen LogP contribution in [0.5, 0.6) is 0 Å². The van der Waals surface area contributed by atoms with Gasteiger partial charge >= 0.3 is 0 Å². The lowest BCUT2D eigenvalue weighted by Gasteiger charge is -2.27. The number of halogens is 1. The maximum Gasteiger partial charge on any atom is 0.247 e. The number of anilines is 3. The molecule has 0 saturated carbocycles. The second-order valence-corrected chi connectivity index (χ2v) is 7.17. The number of hydrogen-bond acceptors (Lipinski definition) is 3. The van der Waals surface area contributed by atoms with E-state index in [0.29, 0.717) is 0 Å². The summed E-state index contributed by atoms with van der Waals surface area (Å²) in [5, 5.41) is 8.86. The Morgan fingerprint density at radius 3 is 2.42 bits per heavy atom. The summed E-state index contributed by atoms with van der Waals surface area (Å²) in [5.41, 5.74) is 4.59. The molecule has 2 amide bonds. The zero-order valence-electron chi connectivity index (χ0n) is 13.4. The molecule has 3 rings (SSSR count). The molecule has 1 atom stereocenters. The highest BCUT2D eigenvalue weighted by molar-refractivity contribution is 14.1. The summed E-state index contributed by atoms with van der Waals surface area (Å²) >= 11 is 2.21. The Bertz CT molecular complexity index is 803. The van der Waals surface area contributed by atoms with E-state index in [1.165, 1.54) is 0 Å². The Labute approximate surface area is 154 Å². The van der Waals surface area contributed by atoms with Crippen LogP contribution < -0.4 is 16.0 Å². The lowest BCUT2D eigenvalue weighted by molar-refractivity contribution is -0.122. The van der Waals surface area contributed by atoms with Gasteiger partial charge in [-0.15, -0.1) is 0 Å². The van der Waals surface area contributed by atoms with Crippen LogP contribution in [-0.4, -0.2) is 17.9 Å². The third-order valence-electron chi connectivity index (χ3n) is 4.06. The van der Waals surface area contributed by atoms with E-state index in [1.54, 1.807) is 0 Å². The van der Waals surface area contributed by atoms with Crippen LogP contribution in [0.4, 0.5) is 17.1 Å². The predicted molar refractivity (Wildman–Crippen MR) is 104 cm³/mol. The van der Waals surface area contributed by atoms with Crippen LogP contribution in [0.1, 0.15) is 17.5 Å². The Morgan fingerprint density at radius 2 is 1.75 bits per heavy atom. The molecule has 2 aromatic rings. The van der Waals surface area contributed by atoms with Crippen molar-refractivity contribution in [2.24, 2.45) is 0 Å². The monoisotopic (exact) mass is 435 g/mol. The zero-order chi connectivity index (χ0) is 17.3. The first kappa shape index (κ1) is 16.8. The molecule has 6 heteroatoms. The number of aryl methyl sites for hydroxylation is 2.